The zero-order valence-electron chi connectivity index (χ0n) is 12.9. The van der Waals surface area contributed by atoms with Gasteiger partial charge in [0.2, 0.25) is 0 Å². The van der Waals surface area contributed by atoms with E-state index in [0.29, 0.717) is 16.5 Å². The molecule has 24 heavy (non-hydrogen) atoms. The number of hydrogen-bond acceptors (Lipinski definition) is 4. The average molecular weight is 318 g/mol. The zero-order valence-corrected chi connectivity index (χ0v) is 12.9. The van der Waals surface area contributed by atoms with Crippen molar-refractivity contribution in [1.82, 2.24) is 0 Å². The topological polar surface area (TPSA) is 67.5 Å². The van der Waals surface area contributed by atoms with E-state index in [1.165, 1.54) is 13.0 Å². The molecule has 1 atom stereocenters. The van der Waals surface area contributed by atoms with Gasteiger partial charge in [-0.15, -0.1) is 6.42 Å². The highest BCUT2D eigenvalue weighted by Gasteiger charge is 2.28. The number of Topliss-reactive ketones (excluding diaryl/α,β-unsaturated/α-hetero) is 1. The molecule has 4 heteroatoms. The smallest absolute Gasteiger partial charge is 0.344 e. The van der Waals surface area contributed by atoms with Crippen LogP contribution in [0.2, 0.25) is 0 Å². The fourth-order valence-corrected chi connectivity index (χ4v) is 2.80. The van der Waals surface area contributed by atoms with Crippen molar-refractivity contribution >= 4 is 16.8 Å². The van der Waals surface area contributed by atoms with Gasteiger partial charge in [-0.3, -0.25) is 4.79 Å². The molecule has 0 aliphatic rings. The maximum absolute atomic E-state index is 12.4. The van der Waals surface area contributed by atoms with Crippen LogP contribution in [-0.2, 0) is 4.79 Å². The SMILES string of the molecule is C#Cc1ccc2oc(=O)c(C(C(C)=O)c3ccccc3)c(O)c2c1. The minimum absolute atomic E-state index is 0.0737. The van der Waals surface area contributed by atoms with Gasteiger partial charge in [0.15, 0.2) is 0 Å². The van der Waals surface area contributed by atoms with Gasteiger partial charge in [0.05, 0.1) is 16.9 Å². The maximum Gasteiger partial charge on any atom is 0.344 e. The molecule has 1 N–H and O–H groups in total. The van der Waals surface area contributed by atoms with Crippen molar-refractivity contribution in [3.63, 3.8) is 0 Å². The molecule has 4 nitrogen and oxygen atoms in total. The molecule has 0 radical (unpaired) electrons. The van der Waals surface area contributed by atoms with Crippen LogP contribution in [0.3, 0.4) is 0 Å². The first-order valence-electron chi connectivity index (χ1n) is 7.34. The van der Waals surface area contributed by atoms with Crippen LogP contribution in [0.4, 0.5) is 0 Å². The molecule has 3 aromatic rings. The molecular weight excluding hydrogens is 304 g/mol. The Bertz CT molecular complexity index is 1020. The van der Waals surface area contributed by atoms with Gasteiger partial charge in [0.25, 0.3) is 0 Å². The number of terminal acetylenes is 1. The van der Waals surface area contributed by atoms with Crippen LogP contribution in [0, 0.1) is 12.3 Å². The minimum Gasteiger partial charge on any atom is -0.507 e. The highest BCUT2D eigenvalue weighted by atomic mass is 16.4. The Morgan fingerprint density at radius 1 is 1.21 bits per heavy atom. The Morgan fingerprint density at radius 2 is 1.92 bits per heavy atom. The monoisotopic (exact) mass is 318 g/mol. The molecular formula is C20H14O4. The van der Waals surface area contributed by atoms with Gasteiger partial charge in [-0.1, -0.05) is 36.3 Å². The van der Waals surface area contributed by atoms with E-state index >= 15 is 0 Å². The summed E-state index contributed by atoms with van der Waals surface area (Å²) in [6.45, 7) is 1.37. The van der Waals surface area contributed by atoms with Crippen LogP contribution in [0.5, 0.6) is 5.75 Å². The van der Waals surface area contributed by atoms with E-state index in [1.54, 1.807) is 36.4 Å². The van der Waals surface area contributed by atoms with E-state index in [1.807, 2.05) is 6.07 Å². The fraction of sp³-hybridized carbons (Fsp3) is 0.100. The van der Waals surface area contributed by atoms with Crippen molar-refractivity contribution in [1.29, 1.82) is 0 Å². The Hall–Kier alpha value is -3.32. The Labute approximate surface area is 138 Å². The fourth-order valence-electron chi connectivity index (χ4n) is 2.80. The molecule has 0 saturated heterocycles. The third-order valence-corrected chi connectivity index (χ3v) is 3.91. The highest BCUT2D eigenvalue weighted by Crippen LogP contribution is 2.35. The minimum atomic E-state index is -0.902. The summed E-state index contributed by atoms with van der Waals surface area (Å²) in [5.74, 6) is 1.02. The highest BCUT2D eigenvalue weighted by molar-refractivity contribution is 5.92. The lowest BCUT2D eigenvalue weighted by atomic mass is 9.88. The van der Waals surface area contributed by atoms with Crippen molar-refractivity contribution in [3.8, 4) is 18.1 Å². The lowest BCUT2D eigenvalue weighted by Crippen LogP contribution is -2.19. The number of aromatic hydroxyl groups is 1. The summed E-state index contributed by atoms with van der Waals surface area (Å²) in [5.41, 5.74) is 0.556. The summed E-state index contributed by atoms with van der Waals surface area (Å²) >= 11 is 0. The quantitative estimate of drug-likeness (QED) is 0.595. The van der Waals surface area contributed by atoms with Gasteiger partial charge in [0.1, 0.15) is 17.1 Å². The number of benzene rings is 2. The Morgan fingerprint density at radius 3 is 2.54 bits per heavy atom. The third-order valence-electron chi connectivity index (χ3n) is 3.91. The normalized spacial score (nSPS) is 11.8. The summed E-state index contributed by atoms with van der Waals surface area (Å²) in [5, 5.41) is 11.0. The molecule has 0 bridgehead atoms. The summed E-state index contributed by atoms with van der Waals surface area (Å²) in [6, 6.07) is 13.5. The lowest BCUT2D eigenvalue weighted by Gasteiger charge is -2.15. The van der Waals surface area contributed by atoms with Crippen LogP contribution in [-0.4, -0.2) is 10.9 Å². The predicted octanol–water partition coefficient (Wildman–Crippen LogP) is 3.20. The maximum atomic E-state index is 12.4. The summed E-state index contributed by atoms with van der Waals surface area (Å²) in [7, 11) is 0. The largest absolute Gasteiger partial charge is 0.507 e. The predicted molar refractivity (Wildman–Crippen MR) is 91.0 cm³/mol. The van der Waals surface area contributed by atoms with E-state index in [9.17, 15) is 14.7 Å². The van der Waals surface area contributed by atoms with Crippen LogP contribution >= 0.6 is 0 Å². The van der Waals surface area contributed by atoms with Crippen molar-refractivity contribution < 1.29 is 14.3 Å². The second-order valence-electron chi connectivity index (χ2n) is 5.46. The number of rotatable bonds is 3. The summed E-state index contributed by atoms with van der Waals surface area (Å²) in [6.07, 6.45) is 5.38. The van der Waals surface area contributed by atoms with E-state index in [2.05, 4.69) is 5.92 Å². The molecule has 3 rings (SSSR count). The van der Waals surface area contributed by atoms with Crippen LogP contribution in [0.15, 0.2) is 57.7 Å². The van der Waals surface area contributed by atoms with Crippen molar-refractivity contribution in [2.45, 2.75) is 12.8 Å². The first-order valence-corrected chi connectivity index (χ1v) is 7.34. The van der Waals surface area contributed by atoms with Crippen LogP contribution in [0.25, 0.3) is 11.0 Å². The van der Waals surface area contributed by atoms with Crippen molar-refractivity contribution in [2.75, 3.05) is 0 Å². The molecule has 2 aromatic carbocycles. The van der Waals surface area contributed by atoms with E-state index in [4.69, 9.17) is 10.8 Å². The Kier molecular flexibility index (Phi) is 3.93. The van der Waals surface area contributed by atoms with Gasteiger partial charge in [-0.2, -0.15) is 0 Å². The van der Waals surface area contributed by atoms with E-state index in [0.717, 1.165) is 0 Å². The van der Waals surface area contributed by atoms with E-state index < -0.39 is 11.5 Å². The molecule has 0 fully saturated rings. The van der Waals surface area contributed by atoms with Crippen LogP contribution < -0.4 is 5.63 Å². The van der Waals surface area contributed by atoms with E-state index in [-0.39, 0.29) is 22.7 Å². The second-order valence-corrected chi connectivity index (χ2v) is 5.46. The molecule has 0 spiro atoms. The molecule has 1 heterocycles. The number of carbonyl (C=O) groups excluding carboxylic acids is 1. The van der Waals surface area contributed by atoms with Crippen molar-refractivity contribution in [3.05, 3.63) is 75.6 Å². The third kappa shape index (κ3) is 2.57. The average Bonchev–Trinajstić information content (AvgIpc) is 2.58. The van der Waals surface area contributed by atoms with Gasteiger partial charge in [-0.05, 0) is 30.7 Å². The molecule has 0 saturated carbocycles. The molecule has 0 amide bonds. The van der Waals surface area contributed by atoms with Crippen molar-refractivity contribution in [2.24, 2.45) is 0 Å². The number of hydrogen-bond donors (Lipinski definition) is 1. The molecule has 1 aromatic heterocycles. The van der Waals surface area contributed by atoms with Crippen LogP contribution in [0.1, 0.15) is 29.5 Å². The first kappa shape index (κ1) is 15.6. The Balaban J connectivity index is 2.33. The molecule has 118 valence electrons. The second kappa shape index (κ2) is 6.05. The zero-order chi connectivity index (χ0) is 17.3. The van der Waals surface area contributed by atoms with Gasteiger partial charge < -0.3 is 9.52 Å². The first-order chi connectivity index (χ1) is 11.5. The summed E-state index contributed by atoms with van der Waals surface area (Å²) < 4.78 is 5.29. The van der Waals surface area contributed by atoms with Gasteiger partial charge >= 0.3 is 5.63 Å². The van der Waals surface area contributed by atoms with Gasteiger partial charge in [0, 0.05) is 5.56 Å². The molecule has 0 aliphatic heterocycles. The van der Waals surface area contributed by atoms with Gasteiger partial charge in [-0.25, -0.2) is 4.79 Å². The molecule has 0 aliphatic carbocycles. The lowest BCUT2D eigenvalue weighted by molar-refractivity contribution is -0.117. The standard InChI is InChI=1S/C20H14O4/c1-3-13-9-10-16-15(11-13)19(22)18(20(23)24-16)17(12(2)21)14-7-5-4-6-8-14/h1,4-11,17,22H,2H3. The summed E-state index contributed by atoms with van der Waals surface area (Å²) in [4.78, 5) is 24.6. The number of ketones is 1. The number of fused-ring (bicyclic) bond motifs is 1. The molecule has 1 unspecified atom stereocenters. The number of carbonyl (C=O) groups is 1.